The van der Waals surface area contributed by atoms with E-state index in [1.165, 1.54) is 0 Å². The van der Waals surface area contributed by atoms with Gasteiger partial charge in [-0.3, -0.25) is 0 Å². The Morgan fingerprint density at radius 3 is 2.08 bits per heavy atom. The van der Waals surface area contributed by atoms with Crippen LogP contribution in [0.2, 0.25) is 0 Å². The molecule has 5 nitrogen and oxygen atoms in total. The summed E-state index contributed by atoms with van der Waals surface area (Å²) in [7, 11) is 0. The Morgan fingerprint density at radius 2 is 1.54 bits per heavy atom. The highest BCUT2D eigenvalue weighted by Crippen LogP contribution is 2.20. The Labute approximate surface area is 141 Å². The first-order valence-electron chi connectivity index (χ1n) is 7.91. The lowest BCUT2D eigenvalue weighted by molar-refractivity contribution is -0.139. The third kappa shape index (κ3) is 5.12. The van der Waals surface area contributed by atoms with E-state index in [0.29, 0.717) is 12.1 Å². The Morgan fingerprint density at radius 1 is 0.958 bits per heavy atom. The van der Waals surface area contributed by atoms with Gasteiger partial charge in [0.25, 0.3) is 0 Å². The SMILES string of the molecule is CC(C)CC(NC(=O)Nc1ccc(-c2ccccc2)cc1)C(=O)O. The van der Waals surface area contributed by atoms with E-state index in [1.54, 1.807) is 12.1 Å². The quantitative estimate of drug-likeness (QED) is 0.751. The molecule has 0 bridgehead atoms. The van der Waals surface area contributed by atoms with Gasteiger partial charge in [0.2, 0.25) is 0 Å². The van der Waals surface area contributed by atoms with E-state index in [0.717, 1.165) is 11.1 Å². The van der Waals surface area contributed by atoms with Crippen molar-refractivity contribution in [3.63, 3.8) is 0 Å². The van der Waals surface area contributed by atoms with Gasteiger partial charge in [-0.15, -0.1) is 0 Å². The molecule has 0 saturated heterocycles. The third-order valence-corrected chi connectivity index (χ3v) is 3.56. The zero-order valence-corrected chi connectivity index (χ0v) is 13.8. The minimum Gasteiger partial charge on any atom is -0.480 e. The van der Waals surface area contributed by atoms with E-state index < -0.39 is 18.0 Å². The summed E-state index contributed by atoms with van der Waals surface area (Å²) in [5.41, 5.74) is 2.75. The molecule has 0 heterocycles. The van der Waals surface area contributed by atoms with Crippen molar-refractivity contribution in [1.82, 2.24) is 5.32 Å². The monoisotopic (exact) mass is 326 g/mol. The number of rotatable bonds is 6. The number of hydrogen-bond acceptors (Lipinski definition) is 2. The van der Waals surface area contributed by atoms with Crippen molar-refractivity contribution >= 4 is 17.7 Å². The molecule has 2 aromatic carbocycles. The van der Waals surface area contributed by atoms with Gasteiger partial charge < -0.3 is 15.7 Å². The smallest absolute Gasteiger partial charge is 0.326 e. The molecule has 0 aliphatic carbocycles. The molecule has 2 rings (SSSR count). The highest BCUT2D eigenvalue weighted by molar-refractivity contribution is 5.92. The van der Waals surface area contributed by atoms with Crippen LogP contribution >= 0.6 is 0 Å². The van der Waals surface area contributed by atoms with Gasteiger partial charge in [-0.1, -0.05) is 56.3 Å². The number of carbonyl (C=O) groups excluding carboxylic acids is 1. The number of nitrogens with one attached hydrogen (secondary N) is 2. The van der Waals surface area contributed by atoms with Crippen molar-refractivity contribution in [1.29, 1.82) is 0 Å². The third-order valence-electron chi connectivity index (χ3n) is 3.56. The standard InChI is InChI=1S/C19H22N2O3/c1-13(2)12-17(18(22)23)21-19(24)20-16-10-8-15(9-11-16)14-6-4-3-5-7-14/h3-11,13,17H,12H2,1-2H3,(H,22,23)(H2,20,21,24). The molecule has 126 valence electrons. The van der Waals surface area contributed by atoms with E-state index in [9.17, 15) is 9.59 Å². The fourth-order valence-corrected chi connectivity index (χ4v) is 2.39. The van der Waals surface area contributed by atoms with Gasteiger partial charge in [0.05, 0.1) is 0 Å². The molecule has 0 aliphatic rings. The summed E-state index contributed by atoms with van der Waals surface area (Å²) in [6.07, 6.45) is 0.385. The van der Waals surface area contributed by atoms with Gasteiger partial charge in [0.1, 0.15) is 6.04 Å². The predicted molar refractivity (Wildman–Crippen MR) is 94.9 cm³/mol. The molecule has 0 fully saturated rings. The lowest BCUT2D eigenvalue weighted by atomic mass is 10.0. The highest BCUT2D eigenvalue weighted by Gasteiger charge is 2.20. The van der Waals surface area contributed by atoms with Crippen molar-refractivity contribution in [2.45, 2.75) is 26.3 Å². The van der Waals surface area contributed by atoms with Crippen molar-refractivity contribution in [3.8, 4) is 11.1 Å². The molecule has 2 aromatic rings. The van der Waals surface area contributed by atoms with E-state index in [2.05, 4.69) is 10.6 Å². The summed E-state index contributed by atoms with van der Waals surface area (Å²) >= 11 is 0. The molecule has 2 amide bonds. The Bertz CT molecular complexity index is 682. The second-order valence-electron chi connectivity index (χ2n) is 6.06. The molecule has 3 N–H and O–H groups in total. The van der Waals surface area contributed by atoms with Crippen molar-refractivity contribution in [2.75, 3.05) is 5.32 Å². The molecular weight excluding hydrogens is 304 g/mol. The number of amides is 2. The molecule has 0 aromatic heterocycles. The summed E-state index contributed by atoms with van der Waals surface area (Å²) in [6.45, 7) is 3.83. The van der Waals surface area contributed by atoms with Gasteiger partial charge >= 0.3 is 12.0 Å². The minimum atomic E-state index is -1.03. The molecule has 1 atom stereocenters. The first-order chi connectivity index (χ1) is 11.5. The second-order valence-corrected chi connectivity index (χ2v) is 6.06. The van der Waals surface area contributed by atoms with Crippen LogP contribution in [0, 0.1) is 5.92 Å². The Balaban J connectivity index is 1.98. The number of anilines is 1. The minimum absolute atomic E-state index is 0.177. The van der Waals surface area contributed by atoms with Gasteiger partial charge in [0, 0.05) is 5.69 Å². The maximum absolute atomic E-state index is 12.0. The number of aliphatic carboxylic acids is 1. The molecule has 0 aliphatic heterocycles. The van der Waals surface area contributed by atoms with Gasteiger partial charge in [-0.2, -0.15) is 0 Å². The van der Waals surface area contributed by atoms with Crippen LogP contribution in [0.1, 0.15) is 20.3 Å². The largest absolute Gasteiger partial charge is 0.480 e. The molecule has 0 saturated carbocycles. The number of carboxylic acids is 1. The summed E-state index contributed by atoms with van der Waals surface area (Å²) in [4.78, 5) is 23.2. The average molecular weight is 326 g/mol. The van der Waals surface area contributed by atoms with E-state index >= 15 is 0 Å². The lowest BCUT2D eigenvalue weighted by Crippen LogP contribution is -2.43. The molecule has 5 heteroatoms. The van der Waals surface area contributed by atoms with Crippen molar-refractivity contribution in [2.24, 2.45) is 5.92 Å². The van der Waals surface area contributed by atoms with Gasteiger partial charge in [0.15, 0.2) is 0 Å². The molecule has 0 spiro atoms. The topological polar surface area (TPSA) is 78.4 Å². The number of carbonyl (C=O) groups is 2. The van der Waals surface area contributed by atoms with Crippen LogP contribution in [-0.2, 0) is 4.79 Å². The molecular formula is C19H22N2O3. The summed E-state index contributed by atoms with van der Waals surface area (Å²) in [5, 5.41) is 14.3. The van der Waals surface area contributed by atoms with Crippen LogP contribution < -0.4 is 10.6 Å². The zero-order valence-electron chi connectivity index (χ0n) is 13.8. The van der Waals surface area contributed by atoms with Crippen molar-refractivity contribution in [3.05, 3.63) is 54.6 Å². The Kier molecular flexibility index (Phi) is 5.95. The van der Waals surface area contributed by atoms with Crippen molar-refractivity contribution < 1.29 is 14.7 Å². The summed E-state index contributed by atoms with van der Waals surface area (Å²) in [6, 6.07) is 15.9. The number of urea groups is 1. The van der Waals surface area contributed by atoms with Crippen LogP contribution in [-0.4, -0.2) is 23.1 Å². The molecule has 0 radical (unpaired) electrons. The molecule has 1 unspecified atom stereocenters. The normalized spacial score (nSPS) is 11.8. The Hall–Kier alpha value is -2.82. The number of carboxylic acid groups (broad SMARTS) is 1. The van der Waals surface area contributed by atoms with Gasteiger partial charge in [-0.05, 0) is 35.6 Å². The van der Waals surface area contributed by atoms with Crippen LogP contribution in [0.4, 0.5) is 10.5 Å². The fraction of sp³-hybridized carbons (Fsp3) is 0.263. The highest BCUT2D eigenvalue weighted by atomic mass is 16.4. The lowest BCUT2D eigenvalue weighted by Gasteiger charge is -2.17. The van der Waals surface area contributed by atoms with Gasteiger partial charge in [-0.25, -0.2) is 9.59 Å². The zero-order chi connectivity index (χ0) is 17.5. The van der Waals surface area contributed by atoms with Crippen LogP contribution in [0.15, 0.2) is 54.6 Å². The average Bonchev–Trinajstić information content (AvgIpc) is 2.55. The first kappa shape index (κ1) is 17.5. The van der Waals surface area contributed by atoms with Crippen LogP contribution in [0.3, 0.4) is 0 Å². The maximum atomic E-state index is 12.0. The van der Waals surface area contributed by atoms with E-state index in [-0.39, 0.29) is 5.92 Å². The number of hydrogen-bond donors (Lipinski definition) is 3. The number of benzene rings is 2. The summed E-state index contributed by atoms with van der Waals surface area (Å²) < 4.78 is 0. The van der Waals surface area contributed by atoms with Crippen LogP contribution in [0.5, 0.6) is 0 Å². The fourth-order valence-electron chi connectivity index (χ4n) is 2.39. The molecule has 24 heavy (non-hydrogen) atoms. The van der Waals surface area contributed by atoms with E-state index in [1.807, 2.05) is 56.3 Å². The van der Waals surface area contributed by atoms with Crippen LogP contribution in [0.25, 0.3) is 11.1 Å². The predicted octanol–water partition coefficient (Wildman–Crippen LogP) is 3.97. The maximum Gasteiger partial charge on any atom is 0.326 e. The first-order valence-corrected chi connectivity index (χ1v) is 7.91. The summed E-state index contributed by atoms with van der Waals surface area (Å²) in [5.74, 6) is -0.852. The van der Waals surface area contributed by atoms with E-state index in [4.69, 9.17) is 5.11 Å². The second kappa shape index (κ2) is 8.15.